The van der Waals surface area contributed by atoms with Gasteiger partial charge in [0, 0.05) is 22.8 Å². The van der Waals surface area contributed by atoms with Crippen LogP contribution in [0.4, 0.5) is 0 Å². The van der Waals surface area contributed by atoms with Crippen LogP contribution in [0.15, 0.2) is 40.5 Å². The number of para-hydroxylation sites is 1. The average molecular weight is 464 g/mol. The van der Waals surface area contributed by atoms with E-state index < -0.39 is 0 Å². The molecule has 0 aliphatic rings. The summed E-state index contributed by atoms with van der Waals surface area (Å²) in [5.41, 5.74) is 5.09. The molecule has 0 saturated heterocycles. The van der Waals surface area contributed by atoms with Crippen LogP contribution in [0.2, 0.25) is 0 Å². The number of carbonyl (C=O) groups excluding carboxylic acids is 1. The molecule has 172 valence electrons. The van der Waals surface area contributed by atoms with Crippen molar-refractivity contribution in [2.45, 2.75) is 54.0 Å². The van der Waals surface area contributed by atoms with Gasteiger partial charge in [-0.3, -0.25) is 14.0 Å². The highest BCUT2D eigenvalue weighted by Crippen LogP contribution is 2.24. The number of aryl methyl sites for hydroxylation is 3. The van der Waals surface area contributed by atoms with E-state index in [9.17, 15) is 9.59 Å². The summed E-state index contributed by atoms with van der Waals surface area (Å²) in [4.78, 5) is 31.4. The largest absolute Gasteiger partial charge is 0.353 e. The number of carbonyl (C=O) groups is 1. The van der Waals surface area contributed by atoms with Crippen molar-refractivity contribution >= 4 is 22.2 Å². The quantitative estimate of drug-likeness (QED) is 0.464. The minimum absolute atomic E-state index is 0.0587. The van der Waals surface area contributed by atoms with Gasteiger partial charge < -0.3 is 5.32 Å². The molecule has 3 heterocycles. The number of hydrogen-bond acceptors (Lipinski definition) is 5. The first-order valence-electron chi connectivity index (χ1n) is 11.1. The lowest BCUT2D eigenvalue weighted by atomic mass is 10.1. The summed E-state index contributed by atoms with van der Waals surface area (Å²) in [5, 5.41) is 9.61. The Morgan fingerprint density at radius 1 is 1.15 bits per heavy atom. The molecular weight excluding hydrogens is 434 g/mol. The number of amides is 1. The van der Waals surface area contributed by atoms with Gasteiger partial charge in [0.1, 0.15) is 5.69 Å². The molecule has 1 amide bonds. The van der Waals surface area contributed by atoms with Crippen molar-refractivity contribution in [1.82, 2.24) is 24.5 Å². The highest BCUT2D eigenvalue weighted by Gasteiger charge is 2.21. The van der Waals surface area contributed by atoms with Crippen LogP contribution in [0.1, 0.15) is 43.4 Å². The minimum Gasteiger partial charge on any atom is -0.353 e. The molecule has 0 aliphatic carbocycles. The lowest BCUT2D eigenvalue weighted by Crippen LogP contribution is -2.37. The second kappa shape index (κ2) is 8.94. The second-order valence-corrected chi connectivity index (χ2v) is 9.71. The maximum atomic E-state index is 13.6. The summed E-state index contributed by atoms with van der Waals surface area (Å²) in [7, 11) is 0. The number of benzene rings is 1. The predicted octanol–water partition coefficient (Wildman–Crippen LogP) is 4.24. The zero-order valence-electron chi connectivity index (χ0n) is 19.8. The molecule has 0 fully saturated rings. The van der Waals surface area contributed by atoms with Crippen LogP contribution < -0.4 is 10.9 Å². The fourth-order valence-electron chi connectivity index (χ4n) is 3.80. The van der Waals surface area contributed by atoms with Gasteiger partial charge in [-0.25, -0.2) is 9.67 Å². The number of aromatic nitrogens is 4. The SMILES string of the molecule is Cc1ccccc1-n1nc(-c2c(C)nc3scc(CC(=O)N[C@@H](C)C(C)C)n3c2=O)cc1C. The highest BCUT2D eigenvalue weighted by atomic mass is 32.1. The second-order valence-electron chi connectivity index (χ2n) is 8.87. The van der Waals surface area contributed by atoms with Crippen molar-refractivity contribution in [2.24, 2.45) is 5.92 Å². The van der Waals surface area contributed by atoms with E-state index in [1.54, 1.807) is 4.40 Å². The van der Waals surface area contributed by atoms with Crippen molar-refractivity contribution < 1.29 is 4.79 Å². The maximum absolute atomic E-state index is 13.6. The van der Waals surface area contributed by atoms with Gasteiger partial charge in [-0.2, -0.15) is 5.10 Å². The van der Waals surface area contributed by atoms with E-state index in [0.717, 1.165) is 16.9 Å². The number of nitrogens with zero attached hydrogens (tertiary/aromatic N) is 4. The lowest BCUT2D eigenvalue weighted by Gasteiger charge is -2.17. The molecule has 1 aromatic carbocycles. The van der Waals surface area contributed by atoms with Crippen LogP contribution >= 0.6 is 11.3 Å². The van der Waals surface area contributed by atoms with Crippen molar-refractivity contribution in [2.75, 3.05) is 0 Å². The normalized spacial score (nSPS) is 12.5. The molecule has 0 aliphatic heterocycles. The Morgan fingerprint density at radius 3 is 2.58 bits per heavy atom. The maximum Gasteiger partial charge on any atom is 0.268 e. The Morgan fingerprint density at radius 2 is 1.88 bits per heavy atom. The van der Waals surface area contributed by atoms with Gasteiger partial charge in [-0.15, -0.1) is 11.3 Å². The molecule has 3 aromatic heterocycles. The molecule has 33 heavy (non-hydrogen) atoms. The Bertz CT molecular complexity index is 1400. The van der Waals surface area contributed by atoms with Gasteiger partial charge in [-0.1, -0.05) is 32.0 Å². The fraction of sp³-hybridized carbons (Fsp3) is 0.360. The van der Waals surface area contributed by atoms with Crippen LogP contribution in [-0.4, -0.2) is 31.1 Å². The Balaban J connectivity index is 1.77. The van der Waals surface area contributed by atoms with Gasteiger partial charge in [0.25, 0.3) is 5.56 Å². The summed E-state index contributed by atoms with van der Waals surface area (Å²) in [6, 6.07) is 9.97. The summed E-state index contributed by atoms with van der Waals surface area (Å²) >= 11 is 1.37. The summed E-state index contributed by atoms with van der Waals surface area (Å²) in [6.45, 7) is 11.9. The van der Waals surface area contributed by atoms with E-state index in [2.05, 4.69) is 24.1 Å². The average Bonchev–Trinajstić information content (AvgIpc) is 3.31. The van der Waals surface area contributed by atoms with E-state index in [-0.39, 0.29) is 23.9 Å². The smallest absolute Gasteiger partial charge is 0.268 e. The van der Waals surface area contributed by atoms with E-state index >= 15 is 0 Å². The van der Waals surface area contributed by atoms with Crippen molar-refractivity contribution in [3.8, 4) is 16.9 Å². The molecule has 1 atom stereocenters. The van der Waals surface area contributed by atoms with Gasteiger partial charge in [-0.05, 0) is 51.3 Å². The molecule has 0 spiro atoms. The first-order chi connectivity index (χ1) is 15.7. The number of fused-ring (bicyclic) bond motifs is 1. The predicted molar refractivity (Wildman–Crippen MR) is 132 cm³/mol. The van der Waals surface area contributed by atoms with Crippen LogP contribution in [0.25, 0.3) is 21.9 Å². The summed E-state index contributed by atoms with van der Waals surface area (Å²) in [6.07, 6.45) is 0.123. The molecule has 0 saturated carbocycles. The van der Waals surface area contributed by atoms with Crippen LogP contribution in [0, 0.1) is 26.7 Å². The molecule has 0 radical (unpaired) electrons. The van der Waals surface area contributed by atoms with E-state index in [4.69, 9.17) is 5.10 Å². The minimum atomic E-state index is -0.201. The van der Waals surface area contributed by atoms with Crippen molar-refractivity contribution in [3.05, 3.63) is 68.7 Å². The fourth-order valence-corrected chi connectivity index (χ4v) is 4.73. The molecule has 8 heteroatoms. The summed E-state index contributed by atoms with van der Waals surface area (Å²) < 4.78 is 3.41. The molecule has 1 N–H and O–H groups in total. The van der Waals surface area contributed by atoms with Gasteiger partial charge in [0.2, 0.25) is 5.91 Å². The van der Waals surface area contributed by atoms with E-state index in [1.165, 1.54) is 11.3 Å². The van der Waals surface area contributed by atoms with Crippen molar-refractivity contribution in [3.63, 3.8) is 0 Å². The van der Waals surface area contributed by atoms with Crippen LogP contribution in [-0.2, 0) is 11.2 Å². The van der Waals surface area contributed by atoms with Gasteiger partial charge >= 0.3 is 0 Å². The first kappa shape index (κ1) is 22.9. The van der Waals surface area contributed by atoms with Crippen LogP contribution in [0.3, 0.4) is 0 Å². The third kappa shape index (κ3) is 4.35. The molecule has 7 nitrogen and oxygen atoms in total. The molecule has 0 bridgehead atoms. The number of thiazole rings is 1. The standard InChI is InChI=1S/C25H29N5O2S/c1-14(2)17(5)26-22(31)12-19-13-33-25-27-18(6)23(24(32)29(19)25)20-11-16(4)30(28-20)21-10-8-7-9-15(21)3/h7-11,13-14,17H,12H2,1-6H3,(H,26,31)/t17-/m0/s1. The number of hydrogen-bond donors (Lipinski definition) is 1. The Hall–Kier alpha value is -3.26. The number of rotatable bonds is 6. The zero-order valence-corrected chi connectivity index (χ0v) is 20.7. The molecule has 4 rings (SSSR count). The Labute approximate surface area is 197 Å². The van der Waals surface area contributed by atoms with E-state index in [1.807, 2.05) is 68.1 Å². The monoisotopic (exact) mass is 463 g/mol. The third-order valence-electron chi connectivity index (χ3n) is 6.04. The zero-order chi connectivity index (χ0) is 23.9. The molecule has 4 aromatic rings. The topological polar surface area (TPSA) is 81.3 Å². The van der Waals surface area contributed by atoms with E-state index in [0.29, 0.717) is 33.5 Å². The number of nitrogens with one attached hydrogen (secondary N) is 1. The molecule has 0 unspecified atom stereocenters. The Kier molecular flexibility index (Phi) is 6.21. The summed E-state index contributed by atoms with van der Waals surface area (Å²) in [5.74, 6) is 0.225. The van der Waals surface area contributed by atoms with Gasteiger partial charge in [0.05, 0.1) is 23.4 Å². The lowest BCUT2D eigenvalue weighted by molar-refractivity contribution is -0.121. The molecular formula is C25H29N5O2S. The van der Waals surface area contributed by atoms with Crippen molar-refractivity contribution in [1.29, 1.82) is 0 Å². The third-order valence-corrected chi connectivity index (χ3v) is 6.91. The highest BCUT2D eigenvalue weighted by molar-refractivity contribution is 7.15. The van der Waals surface area contributed by atoms with Crippen LogP contribution in [0.5, 0.6) is 0 Å². The van der Waals surface area contributed by atoms with Gasteiger partial charge in [0.15, 0.2) is 4.96 Å². The first-order valence-corrected chi connectivity index (χ1v) is 12.0.